The van der Waals surface area contributed by atoms with E-state index < -0.39 is 23.0 Å². The molecule has 0 aliphatic heterocycles. The molecule has 3 N–H and O–H groups in total. The average Bonchev–Trinajstić information content (AvgIpc) is 3.53. The highest BCUT2D eigenvalue weighted by atomic mass is 16.6. The van der Waals surface area contributed by atoms with Gasteiger partial charge in [-0.05, 0) is 47.0 Å². The fourth-order valence-electron chi connectivity index (χ4n) is 3.74. The van der Waals surface area contributed by atoms with Crippen LogP contribution in [0.5, 0.6) is 11.5 Å². The Morgan fingerprint density at radius 2 is 1.81 bits per heavy atom. The summed E-state index contributed by atoms with van der Waals surface area (Å²) in [6.07, 6.45) is 3.83. The first-order chi connectivity index (χ1) is 20.4. The van der Waals surface area contributed by atoms with E-state index in [9.17, 15) is 19.7 Å². The molecule has 3 aromatic carbocycles. The number of hydrogen-bond donors (Lipinski definition) is 3. The molecule has 0 saturated heterocycles. The van der Waals surface area contributed by atoms with Gasteiger partial charge < -0.3 is 24.5 Å². The number of hydrogen-bond acceptors (Lipinski definition) is 9. The molecule has 0 radical (unpaired) electrons. The molecular weight excluding hydrogens is 544 g/mol. The summed E-state index contributed by atoms with van der Waals surface area (Å²) in [7, 11) is 1.49. The maximum Gasteiger partial charge on any atom is 0.408 e. The van der Waals surface area contributed by atoms with Crippen LogP contribution in [-0.2, 0) is 29.2 Å². The van der Waals surface area contributed by atoms with Crippen LogP contribution in [0.1, 0.15) is 22.4 Å². The normalized spacial score (nSPS) is 11.5. The number of benzene rings is 3. The predicted octanol–water partition coefficient (Wildman–Crippen LogP) is 3.89. The number of alkyl carbamates (subject to hydrolysis) is 1. The first-order valence-electron chi connectivity index (χ1n) is 12.7. The van der Waals surface area contributed by atoms with Crippen LogP contribution in [-0.4, -0.2) is 46.3 Å². The molecule has 0 bridgehead atoms. The zero-order chi connectivity index (χ0) is 29.7. The molecule has 0 aliphatic carbocycles. The molecule has 0 saturated carbocycles. The first kappa shape index (κ1) is 29.3. The van der Waals surface area contributed by atoms with Gasteiger partial charge >= 0.3 is 6.09 Å². The van der Waals surface area contributed by atoms with Crippen LogP contribution in [0.25, 0.3) is 0 Å². The summed E-state index contributed by atoms with van der Waals surface area (Å²) in [5.74, 6) is 0.314. The number of nitro benzene ring substituents is 1. The average molecular weight is 573 g/mol. The van der Waals surface area contributed by atoms with Gasteiger partial charge in [0.05, 0.1) is 24.6 Å². The SMILES string of the molecule is COc1cc(/C=N\NC(=O)[C@@H](Cc2cnc[nH]2)NC(=O)OCc2ccccc2)ccc1OCc1ccc([N+](=O)[O-])cc1. The van der Waals surface area contributed by atoms with Gasteiger partial charge in [0.1, 0.15) is 19.3 Å². The smallest absolute Gasteiger partial charge is 0.408 e. The van der Waals surface area contributed by atoms with E-state index in [1.165, 1.54) is 31.8 Å². The van der Waals surface area contributed by atoms with Gasteiger partial charge in [-0.2, -0.15) is 5.10 Å². The lowest BCUT2D eigenvalue weighted by molar-refractivity contribution is -0.384. The standard InChI is InChI=1S/C29H28N6O7/c1-40-27-13-22(9-12-26(27)41-17-21-7-10-24(11-8-21)35(38)39)15-32-34-28(36)25(14-23-16-30-19-31-23)33-29(37)42-18-20-5-3-2-4-6-20/h2-13,15-16,19,25H,14,17-18H2,1H3,(H,30,31)(H,33,37)(H,34,36)/b32-15-/t25-/m1/s1. The Morgan fingerprint density at radius 3 is 2.50 bits per heavy atom. The predicted molar refractivity (Wildman–Crippen MR) is 152 cm³/mol. The van der Waals surface area contributed by atoms with Gasteiger partial charge in [0.25, 0.3) is 11.6 Å². The summed E-state index contributed by atoms with van der Waals surface area (Å²) in [5.41, 5.74) is 5.24. The van der Waals surface area contributed by atoms with Crippen molar-refractivity contribution in [3.63, 3.8) is 0 Å². The van der Waals surface area contributed by atoms with E-state index in [1.54, 1.807) is 36.5 Å². The number of non-ortho nitro benzene ring substituents is 1. The Morgan fingerprint density at radius 1 is 1.05 bits per heavy atom. The first-order valence-corrected chi connectivity index (χ1v) is 12.7. The summed E-state index contributed by atoms with van der Waals surface area (Å²) in [5, 5.41) is 17.4. The number of hydrazone groups is 1. The fraction of sp³-hybridized carbons (Fsp3) is 0.172. The van der Waals surface area contributed by atoms with Gasteiger partial charge in [-0.1, -0.05) is 30.3 Å². The number of carbonyl (C=O) groups is 2. The van der Waals surface area contributed by atoms with Crippen molar-refractivity contribution in [3.05, 3.63) is 118 Å². The number of nitrogens with one attached hydrogen (secondary N) is 3. The Balaban J connectivity index is 1.34. The number of imidazole rings is 1. The minimum Gasteiger partial charge on any atom is -0.493 e. The van der Waals surface area contributed by atoms with Crippen molar-refractivity contribution in [1.82, 2.24) is 20.7 Å². The highest BCUT2D eigenvalue weighted by molar-refractivity contribution is 5.87. The van der Waals surface area contributed by atoms with Crippen molar-refractivity contribution in [2.75, 3.05) is 7.11 Å². The molecule has 4 rings (SSSR count). The van der Waals surface area contributed by atoms with E-state index in [2.05, 4.69) is 25.8 Å². The number of ether oxygens (including phenoxy) is 3. The Labute approximate surface area is 240 Å². The molecular formula is C29H28N6O7. The van der Waals surface area contributed by atoms with E-state index in [-0.39, 0.29) is 25.3 Å². The lowest BCUT2D eigenvalue weighted by Gasteiger charge is -2.16. The number of carbonyl (C=O) groups excluding carboxylic acids is 2. The number of nitrogens with zero attached hydrogens (tertiary/aromatic N) is 3. The summed E-state index contributed by atoms with van der Waals surface area (Å²) >= 11 is 0. The lowest BCUT2D eigenvalue weighted by Crippen LogP contribution is -2.47. The van der Waals surface area contributed by atoms with E-state index in [0.29, 0.717) is 22.8 Å². The second-order valence-corrected chi connectivity index (χ2v) is 8.90. The Hall–Kier alpha value is -5.72. The summed E-state index contributed by atoms with van der Waals surface area (Å²) in [6, 6.07) is 19.3. The number of aromatic amines is 1. The van der Waals surface area contributed by atoms with Gasteiger partial charge in [0.15, 0.2) is 11.5 Å². The van der Waals surface area contributed by atoms with Crippen LogP contribution in [0, 0.1) is 10.1 Å². The molecule has 0 spiro atoms. The van der Waals surface area contributed by atoms with Crippen molar-refractivity contribution in [2.24, 2.45) is 5.10 Å². The molecule has 1 aromatic heterocycles. The van der Waals surface area contributed by atoms with Crippen LogP contribution in [0.15, 0.2) is 90.4 Å². The van der Waals surface area contributed by atoms with E-state index in [0.717, 1.165) is 11.1 Å². The molecule has 0 aliphatic rings. The quantitative estimate of drug-likeness (QED) is 0.123. The van der Waals surface area contributed by atoms with Crippen LogP contribution in [0.3, 0.4) is 0 Å². The monoisotopic (exact) mass is 572 g/mol. The van der Waals surface area contributed by atoms with E-state index in [1.807, 2.05) is 30.3 Å². The van der Waals surface area contributed by atoms with E-state index >= 15 is 0 Å². The number of aromatic nitrogens is 2. The summed E-state index contributed by atoms with van der Waals surface area (Å²) < 4.78 is 16.5. The van der Waals surface area contributed by atoms with Crippen molar-refractivity contribution >= 4 is 23.9 Å². The lowest BCUT2D eigenvalue weighted by atomic mass is 10.1. The molecule has 0 unspecified atom stereocenters. The molecule has 13 heteroatoms. The third kappa shape index (κ3) is 8.64. The molecule has 2 amide bonds. The molecule has 1 heterocycles. The summed E-state index contributed by atoms with van der Waals surface area (Å²) in [6.45, 7) is 0.231. The fourth-order valence-corrected chi connectivity index (χ4v) is 3.74. The van der Waals surface area contributed by atoms with Crippen molar-refractivity contribution < 1.29 is 28.7 Å². The minimum atomic E-state index is -0.990. The number of nitro groups is 1. The molecule has 13 nitrogen and oxygen atoms in total. The number of rotatable bonds is 13. The van der Waals surface area contributed by atoms with Crippen LogP contribution in [0.4, 0.5) is 10.5 Å². The van der Waals surface area contributed by atoms with E-state index in [4.69, 9.17) is 14.2 Å². The zero-order valence-corrected chi connectivity index (χ0v) is 22.6. The maximum atomic E-state index is 12.9. The van der Waals surface area contributed by atoms with Crippen molar-refractivity contribution in [2.45, 2.75) is 25.7 Å². The number of H-pyrrole nitrogens is 1. The largest absolute Gasteiger partial charge is 0.493 e. The Bertz CT molecular complexity index is 1510. The minimum absolute atomic E-state index is 0.00142. The van der Waals surface area contributed by atoms with Gasteiger partial charge in [0, 0.05) is 30.4 Å². The third-order valence-electron chi connectivity index (χ3n) is 5.92. The van der Waals surface area contributed by atoms with Crippen molar-refractivity contribution in [3.8, 4) is 11.5 Å². The van der Waals surface area contributed by atoms with Gasteiger partial charge in [-0.3, -0.25) is 14.9 Å². The Kier molecular flexibility index (Phi) is 10.2. The maximum absolute atomic E-state index is 12.9. The number of amides is 2. The second kappa shape index (κ2) is 14.6. The number of methoxy groups -OCH3 is 1. The van der Waals surface area contributed by atoms with Gasteiger partial charge in [0.2, 0.25) is 0 Å². The van der Waals surface area contributed by atoms with Crippen LogP contribution >= 0.6 is 0 Å². The van der Waals surface area contributed by atoms with Crippen molar-refractivity contribution in [1.29, 1.82) is 0 Å². The topological polar surface area (TPSA) is 170 Å². The highest BCUT2D eigenvalue weighted by Crippen LogP contribution is 2.28. The van der Waals surface area contributed by atoms with Crippen LogP contribution < -0.4 is 20.2 Å². The van der Waals surface area contributed by atoms with Gasteiger partial charge in [-0.25, -0.2) is 15.2 Å². The molecule has 4 aromatic rings. The second-order valence-electron chi connectivity index (χ2n) is 8.90. The molecule has 1 atom stereocenters. The third-order valence-corrected chi connectivity index (χ3v) is 5.92. The highest BCUT2D eigenvalue weighted by Gasteiger charge is 2.22. The summed E-state index contributed by atoms with van der Waals surface area (Å²) in [4.78, 5) is 42.5. The van der Waals surface area contributed by atoms with Crippen LogP contribution in [0.2, 0.25) is 0 Å². The molecule has 0 fully saturated rings. The zero-order valence-electron chi connectivity index (χ0n) is 22.6. The molecule has 216 valence electrons. The van der Waals surface area contributed by atoms with Gasteiger partial charge in [-0.15, -0.1) is 0 Å². The molecule has 42 heavy (non-hydrogen) atoms.